The number of H-pyrrole nitrogens is 1. The lowest BCUT2D eigenvalue weighted by Crippen LogP contribution is -2.57. The van der Waals surface area contributed by atoms with Crippen LogP contribution in [-0.4, -0.2) is 32.4 Å². The number of amides is 2. The summed E-state index contributed by atoms with van der Waals surface area (Å²) in [5.41, 5.74) is 5.62. The van der Waals surface area contributed by atoms with Crippen LogP contribution < -0.4 is 10.6 Å². The molecule has 7 heteroatoms. The number of pyridine rings is 1. The Labute approximate surface area is 211 Å². The lowest BCUT2D eigenvalue weighted by molar-refractivity contribution is 0.0374. The van der Waals surface area contributed by atoms with Crippen molar-refractivity contribution >= 4 is 11.7 Å². The largest absolute Gasteiger partial charge is 0.390 e. The van der Waals surface area contributed by atoms with Crippen LogP contribution in [0.3, 0.4) is 0 Å². The number of aliphatic hydroxyl groups excluding tert-OH is 1. The van der Waals surface area contributed by atoms with Crippen LogP contribution in [0, 0.1) is 6.92 Å². The van der Waals surface area contributed by atoms with Gasteiger partial charge in [0.1, 0.15) is 0 Å². The van der Waals surface area contributed by atoms with Gasteiger partial charge in [-0.1, -0.05) is 68.4 Å². The molecule has 36 heavy (non-hydrogen) atoms. The van der Waals surface area contributed by atoms with Crippen LogP contribution in [-0.2, 0) is 11.0 Å². The number of urea groups is 1. The van der Waals surface area contributed by atoms with E-state index in [1.54, 1.807) is 12.4 Å². The highest BCUT2D eigenvalue weighted by Gasteiger charge is 2.47. The molecular formula is C29H31N5O2. The molecular weight excluding hydrogens is 450 g/mol. The van der Waals surface area contributed by atoms with Crippen LogP contribution in [0.15, 0.2) is 73.1 Å². The highest BCUT2D eigenvalue weighted by Crippen LogP contribution is 2.44. The lowest BCUT2D eigenvalue weighted by Gasteiger charge is -2.47. The first kappa shape index (κ1) is 23.8. The van der Waals surface area contributed by atoms with Gasteiger partial charge in [-0.05, 0) is 48.4 Å². The van der Waals surface area contributed by atoms with Crippen LogP contribution in [0.4, 0.5) is 10.5 Å². The van der Waals surface area contributed by atoms with Gasteiger partial charge in [-0.15, -0.1) is 0 Å². The summed E-state index contributed by atoms with van der Waals surface area (Å²) in [5.74, 6) is 0. The van der Waals surface area contributed by atoms with E-state index in [0.717, 1.165) is 33.5 Å². The third-order valence-electron chi connectivity index (χ3n) is 7.24. The van der Waals surface area contributed by atoms with E-state index in [1.807, 2.05) is 68.4 Å². The number of fused-ring (bicyclic) bond motifs is 1. The zero-order valence-electron chi connectivity index (χ0n) is 21.0. The van der Waals surface area contributed by atoms with Crippen LogP contribution >= 0.6 is 0 Å². The monoisotopic (exact) mass is 481 g/mol. The molecule has 4 aromatic rings. The number of aliphatic hydroxyl groups is 1. The maximum absolute atomic E-state index is 13.4. The Morgan fingerprint density at radius 3 is 2.39 bits per heavy atom. The number of nitrogens with one attached hydrogen (secondary N) is 3. The fourth-order valence-corrected chi connectivity index (χ4v) is 5.24. The number of hydrogen-bond donors (Lipinski definition) is 4. The van der Waals surface area contributed by atoms with Gasteiger partial charge in [0.05, 0.1) is 34.9 Å². The first-order valence-corrected chi connectivity index (χ1v) is 12.1. The molecule has 0 unspecified atom stereocenters. The standard InChI is InChI=1S/C29H31N5O2/c1-18-14-23(26(19-10-6-5-7-11-19)33-25(18)20-16-30-31-17-20)32-27(36)34-29(4)22-13-9-8-12-21(22)28(2,3)15-24(29)35/h5-14,16-17,24,35H,15H2,1-4H3,(H,30,31)(H2,32,34,36)/t24-,29+/m1/s1. The van der Waals surface area contributed by atoms with Crippen LogP contribution in [0.5, 0.6) is 0 Å². The molecule has 184 valence electrons. The number of hydrogen-bond acceptors (Lipinski definition) is 4. The molecule has 0 spiro atoms. The van der Waals surface area contributed by atoms with Crippen molar-refractivity contribution in [1.29, 1.82) is 0 Å². The molecule has 2 aromatic heterocycles. The summed E-state index contributed by atoms with van der Waals surface area (Å²) in [4.78, 5) is 18.4. The summed E-state index contributed by atoms with van der Waals surface area (Å²) in [7, 11) is 0. The van der Waals surface area contributed by atoms with Gasteiger partial charge in [0.25, 0.3) is 0 Å². The topological polar surface area (TPSA) is 103 Å². The van der Waals surface area contributed by atoms with E-state index in [-0.39, 0.29) is 5.41 Å². The van der Waals surface area contributed by atoms with E-state index in [1.165, 1.54) is 0 Å². The predicted octanol–water partition coefficient (Wildman–Crippen LogP) is 5.53. The molecule has 2 atom stereocenters. The van der Waals surface area contributed by atoms with Crippen LogP contribution in [0.25, 0.3) is 22.5 Å². The number of aromatic amines is 1. The van der Waals surface area contributed by atoms with Crippen molar-refractivity contribution in [2.45, 2.75) is 51.2 Å². The van der Waals surface area contributed by atoms with Crippen LogP contribution in [0.1, 0.15) is 43.9 Å². The molecule has 4 N–H and O–H groups in total. The second kappa shape index (κ2) is 8.91. The van der Waals surface area contributed by atoms with Crippen molar-refractivity contribution in [3.05, 3.63) is 89.7 Å². The van der Waals surface area contributed by atoms with Gasteiger partial charge in [0.15, 0.2) is 0 Å². The molecule has 0 fully saturated rings. The maximum Gasteiger partial charge on any atom is 0.320 e. The van der Waals surface area contributed by atoms with Gasteiger partial charge in [-0.3, -0.25) is 5.10 Å². The number of nitrogens with zero attached hydrogens (tertiary/aromatic N) is 2. The van der Waals surface area contributed by atoms with E-state index in [2.05, 4.69) is 40.7 Å². The lowest BCUT2D eigenvalue weighted by atomic mass is 9.64. The zero-order chi connectivity index (χ0) is 25.5. The predicted molar refractivity (Wildman–Crippen MR) is 142 cm³/mol. The van der Waals surface area contributed by atoms with Gasteiger partial charge < -0.3 is 15.7 Å². The molecule has 5 rings (SSSR count). The number of carbonyl (C=O) groups is 1. The molecule has 0 bridgehead atoms. The molecule has 0 aliphatic heterocycles. The summed E-state index contributed by atoms with van der Waals surface area (Å²) in [5, 5.41) is 24.2. The smallest absolute Gasteiger partial charge is 0.320 e. The molecule has 7 nitrogen and oxygen atoms in total. The second-order valence-electron chi connectivity index (χ2n) is 10.3. The summed E-state index contributed by atoms with van der Waals surface area (Å²) in [6.45, 7) is 8.08. The quantitative estimate of drug-likeness (QED) is 0.308. The van der Waals surface area contributed by atoms with E-state index in [4.69, 9.17) is 4.98 Å². The Balaban J connectivity index is 1.51. The molecule has 1 aliphatic rings. The van der Waals surface area contributed by atoms with E-state index >= 15 is 0 Å². The SMILES string of the molecule is Cc1cc(NC(=O)N[C@@]2(C)c3ccccc3C(C)(C)C[C@H]2O)c(-c2ccccc2)nc1-c1cn[nH]c1. The molecule has 0 saturated heterocycles. The minimum Gasteiger partial charge on any atom is -0.390 e. The molecule has 2 heterocycles. The van der Waals surface area contributed by atoms with E-state index < -0.39 is 17.7 Å². The van der Waals surface area contributed by atoms with E-state index in [9.17, 15) is 9.90 Å². The third kappa shape index (κ3) is 4.16. The summed E-state index contributed by atoms with van der Waals surface area (Å²) < 4.78 is 0. The Morgan fingerprint density at radius 1 is 1.00 bits per heavy atom. The molecule has 0 saturated carbocycles. The van der Waals surface area contributed by atoms with Gasteiger partial charge in [0.2, 0.25) is 0 Å². The molecule has 0 radical (unpaired) electrons. The molecule has 2 amide bonds. The summed E-state index contributed by atoms with van der Waals surface area (Å²) >= 11 is 0. The van der Waals surface area contributed by atoms with Gasteiger partial charge in [-0.25, -0.2) is 9.78 Å². The van der Waals surface area contributed by atoms with E-state index in [0.29, 0.717) is 17.8 Å². The van der Waals surface area contributed by atoms with Crippen molar-refractivity contribution in [2.75, 3.05) is 5.32 Å². The van der Waals surface area contributed by atoms with Crippen molar-refractivity contribution in [3.8, 4) is 22.5 Å². The van der Waals surface area contributed by atoms with Crippen molar-refractivity contribution < 1.29 is 9.90 Å². The number of aromatic nitrogens is 3. The van der Waals surface area contributed by atoms with Crippen LogP contribution in [0.2, 0.25) is 0 Å². The number of anilines is 1. The summed E-state index contributed by atoms with van der Waals surface area (Å²) in [6.07, 6.45) is 3.32. The maximum atomic E-state index is 13.4. The minimum atomic E-state index is -0.942. The average Bonchev–Trinajstić information content (AvgIpc) is 3.38. The molecule has 2 aromatic carbocycles. The Hall–Kier alpha value is -3.97. The van der Waals surface area contributed by atoms with Gasteiger partial charge in [-0.2, -0.15) is 5.10 Å². The normalized spacial score (nSPS) is 20.4. The minimum absolute atomic E-state index is 0.196. The Kier molecular flexibility index (Phi) is 5.88. The zero-order valence-corrected chi connectivity index (χ0v) is 21.0. The highest BCUT2D eigenvalue weighted by atomic mass is 16.3. The van der Waals surface area contributed by atoms with Crippen molar-refractivity contribution in [3.63, 3.8) is 0 Å². The number of carbonyl (C=O) groups excluding carboxylic acids is 1. The fourth-order valence-electron chi connectivity index (χ4n) is 5.24. The number of benzene rings is 2. The number of aryl methyl sites for hydroxylation is 1. The van der Waals surface area contributed by atoms with Crippen molar-refractivity contribution in [2.24, 2.45) is 0 Å². The second-order valence-corrected chi connectivity index (χ2v) is 10.3. The third-order valence-corrected chi connectivity index (χ3v) is 7.24. The number of rotatable bonds is 4. The van der Waals surface area contributed by atoms with Crippen molar-refractivity contribution in [1.82, 2.24) is 20.5 Å². The summed E-state index contributed by atoms with van der Waals surface area (Å²) in [6, 6.07) is 19.3. The Morgan fingerprint density at radius 2 is 1.69 bits per heavy atom. The fraction of sp³-hybridized carbons (Fsp3) is 0.276. The van der Waals surface area contributed by atoms with Gasteiger partial charge in [0, 0.05) is 17.3 Å². The van der Waals surface area contributed by atoms with Gasteiger partial charge >= 0.3 is 6.03 Å². The first-order valence-electron chi connectivity index (χ1n) is 12.1. The average molecular weight is 482 g/mol. The molecule has 1 aliphatic carbocycles. The Bertz CT molecular complexity index is 1400. The highest BCUT2D eigenvalue weighted by molar-refractivity contribution is 5.95. The first-order chi connectivity index (χ1) is 17.2.